The number of ether oxygens (including phenoxy) is 3. The predicted octanol–water partition coefficient (Wildman–Crippen LogP) is 7.09. The Morgan fingerprint density at radius 3 is 2.23 bits per heavy atom. The Hall–Kier alpha value is -1.84. The molecule has 2 aromatic rings. The van der Waals surface area contributed by atoms with E-state index < -0.39 is 0 Å². The lowest BCUT2D eigenvalue weighted by molar-refractivity contribution is 0.339. The number of hydrogen-bond donors (Lipinski definition) is 0. The molecular formula is C21H24Cl2O3. The van der Waals surface area contributed by atoms with Crippen LogP contribution in [-0.4, -0.2) is 13.2 Å². The predicted molar refractivity (Wildman–Crippen MR) is 108 cm³/mol. The standard InChI is InChI=1S/C21H24Cl2O3/c1-4-15(3)19-14-18(10-11-20(19)25-13-12-21(22)23)26-17-8-6-16(7-9-17)24-5-2/h6-12,14-15H,4-5,13H2,1-3H3. The maximum absolute atomic E-state index is 5.98. The number of rotatable bonds is 9. The van der Waals surface area contributed by atoms with Crippen molar-refractivity contribution in [3.63, 3.8) is 0 Å². The van der Waals surface area contributed by atoms with Crippen LogP contribution in [0.5, 0.6) is 23.0 Å². The minimum absolute atomic E-state index is 0.200. The van der Waals surface area contributed by atoms with E-state index in [0.717, 1.165) is 35.0 Å². The molecule has 140 valence electrons. The summed E-state index contributed by atoms with van der Waals surface area (Å²) in [5.74, 6) is 3.50. The Balaban J connectivity index is 2.17. The fourth-order valence-electron chi connectivity index (χ4n) is 2.43. The summed E-state index contributed by atoms with van der Waals surface area (Å²) in [6.07, 6.45) is 2.61. The summed E-state index contributed by atoms with van der Waals surface area (Å²) in [5.41, 5.74) is 1.09. The molecule has 2 rings (SSSR count). The Morgan fingerprint density at radius 2 is 1.62 bits per heavy atom. The van der Waals surface area contributed by atoms with E-state index in [1.807, 2.05) is 49.4 Å². The third-order valence-corrected chi connectivity index (χ3v) is 4.28. The monoisotopic (exact) mass is 394 g/mol. The van der Waals surface area contributed by atoms with Crippen molar-refractivity contribution in [3.05, 3.63) is 58.6 Å². The Labute approximate surface area is 165 Å². The van der Waals surface area contributed by atoms with Crippen LogP contribution in [0.3, 0.4) is 0 Å². The van der Waals surface area contributed by atoms with Gasteiger partial charge in [-0.2, -0.15) is 0 Å². The zero-order chi connectivity index (χ0) is 18.9. The minimum atomic E-state index is 0.200. The molecule has 5 heteroatoms. The van der Waals surface area contributed by atoms with E-state index in [2.05, 4.69) is 13.8 Å². The van der Waals surface area contributed by atoms with Crippen molar-refractivity contribution in [2.24, 2.45) is 0 Å². The smallest absolute Gasteiger partial charge is 0.127 e. The van der Waals surface area contributed by atoms with E-state index in [4.69, 9.17) is 37.4 Å². The van der Waals surface area contributed by atoms with Crippen molar-refractivity contribution < 1.29 is 14.2 Å². The lowest BCUT2D eigenvalue weighted by Gasteiger charge is -2.17. The molecule has 0 heterocycles. The van der Waals surface area contributed by atoms with E-state index in [9.17, 15) is 0 Å². The van der Waals surface area contributed by atoms with Gasteiger partial charge in [0.2, 0.25) is 0 Å². The first-order valence-corrected chi connectivity index (χ1v) is 9.47. The van der Waals surface area contributed by atoms with Crippen molar-refractivity contribution in [2.75, 3.05) is 13.2 Å². The molecule has 3 nitrogen and oxygen atoms in total. The second kappa shape index (κ2) is 10.3. The van der Waals surface area contributed by atoms with E-state index in [1.54, 1.807) is 6.08 Å². The van der Waals surface area contributed by atoms with Crippen molar-refractivity contribution in [1.82, 2.24) is 0 Å². The first-order valence-electron chi connectivity index (χ1n) is 8.72. The summed E-state index contributed by atoms with van der Waals surface area (Å²) >= 11 is 11.3. The van der Waals surface area contributed by atoms with Crippen LogP contribution in [0, 0.1) is 0 Å². The zero-order valence-corrected chi connectivity index (χ0v) is 16.8. The summed E-state index contributed by atoms with van der Waals surface area (Å²) in [7, 11) is 0. The molecule has 0 aliphatic carbocycles. The molecule has 0 saturated heterocycles. The van der Waals surface area contributed by atoms with Crippen molar-refractivity contribution in [2.45, 2.75) is 33.1 Å². The van der Waals surface area contributed by atoms with Crippen LogP contribution < -0.4 is 14.2 Å². The lowest BCUT2D eigenvalue weighted by atomic mass is 9.97. The van der Waals surface area contributed by atoms with Gasteiger partial charge in [0, 0.05) is 5.56 Å². The average molecular weight is 395 g/mol. The number of halogens is 2. The third kappa shape index (κ3) is 6.15. The molecule has 0 spiro atoms. The topological polar surface area (TPSA) is 27.7 Å². The maximum Gasteiger partial charge on any atom is 0.127 e. The molecule has 0 radical (unpaired) electrons. The molecule has 26 heavy (non-hydrogen) atoms. The van der Waals surface area contributed by atoms with Crippen LogP contribution in [0.2, 0.25) is 0 Å². The second-order valence-corrected chi connectivity index (χ2v) is 6.83. The van der Waals surface area contributed by atoms with Gasteiger partial charge in [0.1, 0.15) is 34.1 Å². The summed E-state index contributed by atoms with van der Waals surface area (Å²) < 4.78 is 17.4. The van der Waals surface area contributed by atoms with Gasteiger partial charge in [0.05, 0.1) is 6.61 Å². The summed E-state index contributed by atoms with van der Waals surface area (Å²) in [5, 5.41) is 0. The minimum Gasteiger partial charge on any atom is -0.494 e. The second-order valence-electron chi connectivity index (χ2n) is 5.82. The van der Waals surface area contributed by atoms with Crippen molar-refractivity contribution in [3.8, 4) is 23.0 Å². The van der Waals surface area contributed by atoms with Gasteiger partial charge < -0.3 is 14.2 Å². The van der Waals surface area contributed by atoms with E-state index in [1.165, 1.54) is 0 Å². The molecule has 0 N–H and O–H groups in total. The van der Waals surface area contributed by atoms with Crippen LogP contribution in [0.1, 0.15) is 38.7 Å². The normalized spacial score (nSPS) is 11.6. The Morgan fingerprint density at radius 1 is 0.962 bits per heavy atom. The molecule has 0 saturated carbocycles. The molecule has 0 aliphatic rings. The lowest BCUT2D eigenvalue weighted by Crippen LogP contribution is -2.01. The summed E-state index contributed by atoms with van der Waals surface area (Å²) in [6.45, 7) is 7.23. The fraction of sp³-hybridized carbons (Fsp3) is 0.333. The Bertz CT molecular complexity index is 723. The van der Waals surface area contributed by atoms with Gasteiger partial charge in [-0.05, 0) is 67.8 Å². The molecular weight excluding hydrogens is 371 g/mol. The first kappa shape index (κ1) is 20.5. The number of benzene rings is 2. The molecule has 0 bridgehead atoms. The van der Waals surface area contributed by atoms with E-state index in [0.29, 0.717) is 19.1 Å². The van der Waals surface area contributed by atoms with Crippen molar-refractivity contribution in [1.29, 1.82) is 0 Å². The van der Waals surface area contributed by atoms with Crippen molar-refractivity contribution >= 4 is 23.2 Å². The maximum atomic E-state index is 5.98. The number of hydrogen-bond acceptors (Lipinski definition) is 3. The highest BCUT2D eigenvalue weighted by molar-refractivity contribution is 6.55. The third-order valence-electron chi connectivity index (χ3n) is 3.97. The van der Waals surface area contributed by atoms with Crippen LogP contribution in [0.4, 0.5) is 0 Å². The molecule has 0 amide bonds. The summed E-state index contributed by atoms with van der Waals surface area (Å²) in [4.78, 5) is 0. The highest BCUT2D eigenvalue weighted by atomic mass is 35.5. The quantitative estimate of drug-likeness (QED) is 0.454. The molecule has 1 unspecified atom stereocenters. The fourth-order valence-corrected chi connectivity index (χ4v) is 2.55. The highest BCUT2D eigenvalue weighted by Gasteiger charge is 2.12. The van der Waals surface area contributed by atoms with Crippen LogP contribution in [0.25, 0.3) is 0 Å². The van der Waals surface area contributed by atoms with Gasteiger partial charge in [0.25, 0.3) is 0 Å². The van der Waals surface area contributed by atoms with Gasteiger partial charge in [-0.15, -0.1) is 0 Å². The molecule has 0 aromatic heterocycles. The molecule has 0 aliphatic heterocycles. The molecule has 0 fully saturated rings. The molecule has 2 aromatic carbocycles. The van der Waals surface area contributed by atoms with Gasteiger partial charge in [0.15, 0.2) is 0 Å². The van der Waals surface area contributed by atoms with Gasteiger partial charge in [-0.3, -0.25) is 0 Å². The van der Waals surface area contributed by atoms with Gasteiger partial charge >= 0.3 is 0 Å². The Kier molecular flexibility index (Phi) is 8.14. The molecule has 1 atom stereocenters. The van der Waals surface area contributed by atoms with Gasteiger partial charge in [-0.1, -0.05) is 37.0 Å². The van der Waals surface area contributed by atoms with E-state index in [-0.39, 0.29) is 4.49 Å². The van der Waals surface area contributed by atoms with Gasteiger partial charge in [-0.25, -0.2) is 0 Å². The first-order chi connectivity index (χ1) is 12.5. The highest BCUT2D eigenvalue weighted by Crippen LogP contribution is 2.34. The van der Waals surface area contributed by atoms with E-state index >= 15 is 0 Å². The van der Waals surface area contributed by atoms with Crippen LogP contribution in [-0.2, 0) is 0 Å². The van der Waals surface area contributed by atoms with Crippen LogP contribution >= 0.6 is 23.2 Å². The van der Waals surface area contributed by atoms with Crippen LogP contribution in [0.15, 0.2) is 53.0 Å². The average Bonchev–Trinajstić information content (AvgIpc) is 2.63. The summed E-state index contributed by atoms with van der Waals surface area (Å²) in [6, 6.07) is 13.4. The zero-order valence-electron chi connectivity index (χ0n) is 15.3. The SMILES string of the molecule is CCOc1ccc(Oc2ccc(OCC=C(Cl)Cl)c(C(C)CC)c2)cc1. The largest absolute Gasteiger partial charge is 0.494 e.